The fraction of sp³-hybridized carbons (Fsp3) is 0.312. The number of hydrogen-bond acceptors (Lipinski definition) is 6. The third kappa shape index (κ3) is 3.33. The average molecular weight is 346 g/mol. The zero-order valence-corrected chi connectivity index (χ0v) is 14.0. The number of thiazole rings is 1. The lowest BCUT2D eigenvalue weighted by molar-refractivity contribution is -0.118. The van der Waals surface area contributed by atoms with Gasteiger partial charge in [-0.15, -0.1) is 0 Å². The van der Waals surface area contributed by atoms with Crippen molar-refractivity contribution >= 4 is 28.3 Å². The summed E-state index contributed by atoms with van der Waals surface area (Å²) in [7, 11) is 1.58. The van der Waals surface area contributed by atoms with Crippen LogP contribution in [0.4, 0.5) is 5.13 Å². The van der Waals surface area contributed by atoms with Crippen molar-refractivity contribution in [1.29, 1.82) is 0 Å². The number of rotatable bonds is 6. The maximum absolute atomic E-state index is 12.9. The molecule has 7 nitrogen and oxygen atoms in total. The molecule has 0 aliphatic heterocycles. The van der Waals surface area contributed by atoms with E-state index >= 15 is 0 Å². The van der Waals surface area contributed by atoms with Gasteiger partial charge in [-0.3, -0.25) is 9.59 Å². The lowest BCUT2D eigenvalue weighted by Crippen LogP contribution is -2.40. The Morgan fingerprint density at radius 3 is 2.79 bits per heavy atom. The van der Waals surface area contributed by atoms with Crippen molar-refractivity contribution in [3.63, 3.8) is 0 Å². The molecule has 0 saturated heterocycles. The van der Waals surface area contributed by atoms with Gasteiger partial charge in [0.1, 0.15) is 11.4 Å². The summed E-state index contributed by atoms with van der Waals surface area (Å²) in [4.78, 5) is 30.5. The highest BCUT2D eigenvalue weighted by molar-refractivity contribution is 7.19. The number of nitrogens with two attached hydrogens (primary N) is 2. The molecular weight excluding hydrogens is 328 g/mol. The summed E-state index contributed by atoms with van der Waals surface area (Å²) in [6, 6.07) is 7.38. The molecule has 1 fully saturated rings. The molecule has 0 bridgehead atoms. The van der Waals surface area contributed by atoms with E-state index in [1.165, 1.54) is 16.2 Å². The lowest BCUT2D eigenvalue weighted by Gasteiger charge is -2.20. The Hall–Kier alpha value is -2.61. The van der Waals surface area contributed by atoms with Crippen molar-refractivity contribution in [2.75, 3.05) is 19.4 Å². The van der Waals surface area contributed by atoms with Crippen molar-refractivity contribution in [3.8, 4) is 16.2 Å². The highest BCUT2D eigenvalue weighted by Crippen LogP contribution is 2.36. The second kappa shape index (κ2) is 6.48. The van der Waals surface area contributed by atoms with Gasteiger partial charge >= 0.3 is 0 Å². The third-order valence-electron chi connectivity index (χ3n) is 3.75. The molecule has 4 N–H and O–H groups in total. The average Bonchev–Trinajstić information content (AvgIpc) is 3.33. The number of hydrogen-bond donors (Lipinski definition) is 2. The molecule has 1 aromatic carbocycles. The van der Waals surface area contributed by atoms with Crippen LogP contribution in [0, 0.1) is 0 Å². The molecule has 2 aromatic rings. The van der Waals surface area contributed by atoms with Crippen LogP contribution in [0.3, 0.4) is 0 Å². The summed E-state index contributed by atoms with van der Waals surface area (Å²) in [5, 5.41) is 0.297. The van der Waals surface area contributed by atoms with E-state index in [9.17, 15) is 9.59 Å². The van der Waals surface area contributed by atoms with Crippen LogP contribution < -0.4 is 16.2 Å². The van der Waals surface area contributed by atoms with Crippen molar-refractivity contribution in [2.45, 2.75) is 18.9 Å². The van der Waals surface area contributed by atoms with E-state index in [0.29, 0.717) is 15.8 Å². The largest absolute Gasteiger partial charge is 0.497 e. The van der Waals surface area contributed by atoms with E-state index < -0.39 is 5.91 Å². The molecule has 0 atom stereocenters. The standard InChI is InChI=1S/C16H18N4O3S/c1-23-11-4-2-3-9(7-11)14-13(19-16(18)24-14)15(22)20(8-12(17)21)10-5-6-10/h2-4,7,10H,5-6,8H2,1H3,(H2,17,21)(H2,18,19). The number of nitrogens with zero attached hydrogens (tertiary/aromatic N) is 2. The number of aromatic nitrogens is 1. The zero-order valence-electron chi connectivity index (χ0n) is 13.2. The van der Waals surface area contributed by atoms with E-state index in [1.807, 2.05) is 24.3 Å². The molecule has 1 aliphatic carbocycles. The number of carbonyl (C=O) groups excluding carboxylic acids is 2. The maximum Gasteiger partial charge on any atom is 0.274 e. The third-order valence-corrected chi connectivity index (χ3v) is 4.69. The van der Waals surface area contributed by atoms with Crippen LogP contribution in [0.2, 0.25) is 0 Å². The minimum absolute atomic E-state index is 0.0473. The molecule has 0 spiro atoms. The Balaban J connectivity index is 1.98. The number of carbonyl (C=O) groups is 2. The first-order valence-electron chi connectivity index (χ1n) is 7.49. The quantitative estimate of drug-likeness (QED) is 0.823. The fourth-order valence-electron chi connectivity index (χ4n) is 2.50. The Morgan fingerprint density at radius 1 is 1.42 bits per heavy atom. The van der Waals surface area contributed by atoms with Gasteiger partial charge in [-0.25, -0.2) is 4.98 Å². The second-order valence-corrected chi connectivity index (χ2v) is 6.62. The van der Waals surface area contributed by atoms with Gasteiger partial charge in [0.2, 0.25) is 5.91 Å². The number of benzene rings is 1. The molecule has 2 amide bonds. The van der Waals surface area contributed by atoms with Crippen molar-refractivity contribution < 1.29 is 14.3 Å². The SMILES string of the molecule is COc1cccc(-c2sc(N)nc2C(=O)N(CC(N)=O)C2CC2)c1. The van der Waals surface area contributed by atoms with E-state index in [2.05, 4.69) is 4.98 Å². The topological polar surface area (TPSA) is 112 Å². The highest BCUT2D eigenvalue weighted by atomic mass is 32.1. The first kappa shape index (κ1) is 16.3. The molecule has 126 valence electrons. The van der Waals surface area contributed by atoms with Crippen LogP contribution in [-0.2, 0) is 4.79 Å². The summed E-state index contributed by atoms with van der Waals surface area (Å²) in [5.74, 6) is -0.183. The van der Waals surface area contributed by atoms with Gasteiger partial charge in [0.05, 0.1) is 18.5 Å². The van der Waals surface area contributed by atoms with Crippen LogP contribution in [0.25, 0.3) is 10.4 Å². The summed E-state index contributed by atoms with van der Waals surface area (Å²) in [5.41, 5.74) is 12.1. The van der Waals surface area contributed by atoms with Gasteiger partial charge in [0, 0.05) is 6.04 Å². The first-order valence-corrected chi connectivity index (χ1v) is 8.31. The predicted molar refractivity (Wildman–Crippen MR) is 91.8 cm³/mol. The number of methoxy groups -OCH3 is 1. The minimum Gasteiger partial charge on any atom is -0.497 e. The van der Waals surface area contributed by atoms with Gasteiger partial charge in [0.15, 0.2) is 5.13 Å². The van der Waals surface area contributed by atoms with Crippen molar-refractivity contribution in [2.24, 2.45) is 5.73 Å². The Labute approximate surface area is 143 Å². The summed E-state index contributed by atoms with van der Waals surface area (Å²) in [6.07, 6.45) is 1.74. The van der Waals surface area contributed by atoms with Crippen LogP contribution in [0.1, 0.15) is 23.3 Å². The number of anilines is 1. The van der Waals surface area contributed by atoms with Crippen LogP contribution in [0.5, 0.6) is 5.75 Å². The molecule has 1 aromatic heterocycles. The minimum atomic E-state index is -0.540. The van der Waals surface area contributed by atoms with E-state index in [4.69, 9.17) is 16.2 Å². The highest BCUT2D eigenvalue weighted by Gasteiger charge is 2.36. The monoisotopic (exact) mass is 346 g/mol. The van der Waals surface area contributed by atoms with E-state index in [1.54, 1.807) is 7.11 Å². The Morgan fingerprint density at radius 2 is 2.17 bits per heavy atom. The molecular formula is C16H18N4O3S. The number of nitrogen functional groups attached to an aromatic ring is 1. The molecule has 3 rings (SSSR count). The molecule has 1 aliphatic rings. The lowest BCUT2D eigenvalue weighted by atomic mass is 10.1. The molecule has 8 heteroatoms. The van der Waals surface area contributed by atoms with Crippen molar-refractivity contribution in [1.82, 2.24) is 9.88 Å². The van der Waals surface area contributed by atoms with Gasteiger partial charge in [0.25, 0.3) is 5.91 Å². The predicted octanol–water partition coefficient (Wildman–Crippen LogP) is 1.49. The van der Waals surface area contributed by atoms with Crippen LogP contribution in [-0.4, -0.2) is 41.4 Å². The Bertz CT molecular complexity index is 785. The van der Waals surface area contributed by atoms with Gasteiger partial charge in [-0.1, -0.05) is 23.5 Å². The summed E-state index contributed by atoms with van der Waals surface area (Å²) < 4.78 is 5.23. The summed E-state index contributed by atoms with van der Waals surface area (Å²) >= 11 is 1.23. The smallest absolute Gasteiger partial charge is 0.274 e. The fourth-order valence-corrected chi connectivity index (χ4v) is 3.32. The number of ether oxygens (including phenoxy) is 1. The molecule has 24 heavy (non-hydrogen) atoms. The molecule has 1 heterocycles. The van der Waals surface area contributed by atoms with Gasteiger partial charge in [-0.2, -0.15) is 0 Å². The van der Waals surface area contributed by atoms with Crippen LogP contribution in [0.15, 0.2) is 24.3 Å². The van der Waals surface area contributed by atoms with E-state index in [-0.39, 0.29) is 24.2 Å². The molecule has 0 radical (unpaired) electrons. The Kier molecular flexibility index (Phi) is 4.39. The molecule has 0 unspecified atom stereocenters. The van der Waals surface area contributed by atoms with Crippen molar-refractivity contribution in [3.05, 3.63) is 30.0 Å². The van der Waals surface area contributed by atoms with Gasteiger partial charge in [-0.05, 0) is 30.5 Å². The van der Waals surface area contributed by atoms with E-state index in [0.717, 1.165) is 18.4 Å². The normalized spacial score (nSPS) is 13.5. The van der Waals surface area contributed by atoms with Crippen LogP contribution >= 0.6 is 11.3 Å². The maximum atomic E-state index is 12.9. The number of primary amides is 1. The van der Waals surface area contributed by atoms with Gasteiger partial charge < -0.3 is 21.1 Å². The zero-order chi connectivity index (χ0) is 17.3. The second-order valence-electron chi connectivity index (χ2n) is 5.59. The molecule has 1 saturated carbocycles. The summed E-state index contributed by atoms with van der Waals surface area (Å²) in [6.45, 7) is -0.113. The first-order chi connectivity index (χ1) is 11.5. The number of amides is 2.